The van der Waals surface area contributed by atoms with Crippen molar-refractivity contribution in [1.29, 1.82) is 0 Å². The van der Waals surface area contributed by atoms with Crippen LogP contribution in [-0.2, 0) is 14.3 Å². The quantitative estimate of drug-likeness (QED) is 0.616. The first-order chi connectivity index (χ1) is 13.8. The predicted molar refractivity (Wildman–Crippen MR) is 108 cm³/mol. The summed E-state index contributed by atoms with van der Waals surface area (Å²) in [7, 11) is 0. The van der Waals surface area contributed by atoms with Crippen molar-refractivity contribution >= 4 is 17.8 Å². The second-order valence-electron chi connectivity index (χ2n) is 7.85. The molecule has 8 nitrogen and oxygen atoms in total. The van der Waals surface area contributed by atoms with Crippen LogP contribution in [0.15, 0.2) is 12.4 Å². The summed E-state index contributed by atoms with van der Waals surface area (Å²) >= 11 is 0. The lowest BCUT2D eigenvalue weighted by Gasteiger charge is -2.32. The number of carbonyl (C=O) groups excluding carboxylic acids is 3. The van der Waals surface area contributed by atoms with E-state index in [1.54, 1.807) is 22.9 Å². The van der Waals surface area contributed by atoms with Crippen molar-refractivity contribution in [2.24, 2.45) is 11.8 Å². The van der Waals surface area contributed by atoms with Crippen LogP contribution in [0.25, 0.3) is 0 Å². The van der Waals surface area contributed by atoms with Crippen molar-refractivity contribution in [3.63, 3.8) is 0 Å². The van der Waals surface area contributed by atoms with Gasteiger partial charge in [-0.05, 0) is 32.6 Å². The van der Waals surface area contributed by atoms with Crippen LogP contribution < -0.4 is 0 Å². The molecule has 8 heteroatoms. The Kier molecular flexibility index (Phi) is 8.54. The van der Waals surface area contributed by atoms with Gasteiger partial charge < -0.3 is 14.5 Å². The van der Waals surface area contributed by atoms with Crippen molar-refractivity contribution in [3.05, 3.63) is 23.8 Å². The average molecular weight is 405 g/mol. The van der Waals surface area contributed by atoms with Gasteiger partial charge in [-0.15, -0.1) is 0 Å². The molecule has 1 aromatic heterocycles. The zero-order chi connectivity index (χ0) is 21.4. The van der Waals surface area contributed by atoms with Crippen LogP contribution in [0, 0.1) is 18.8 Å². The first-order valence-corrected chi connectivity index (χ1v) is 10.3. The van der Waals surface area contributed by atoms with Gasteiger partial charge in [-0.25, -0.2) is 4.98 Å². The third kappa shape index (κ3) is 6.80. The molecule has 0 aromatic carbocycles. The standard InChI is InChI=1S/C21H32N4O4/c1-5-29-21(28)17-6-9-24(10-7-17)19(26)8-11-25(14-15(2)3)20(27)18-13-22-16(4)12-23-18/h12-13,15,17H,5-11,14H2,1-4H3. The largest absolute Gasteiger partial charge is 0.466 e. The van der Waals surface area contributed by atoms with Crippen molar-refractivity contribution in [2.45, 2.75) is 47.0 Å². The molecule has 0 spiro atoms. The summed E-state index contributed by atoms with van der Waals surface area (Å²) in [4.78, 5) is 49.1. The van der Waals surface area contributed by atoms with Gasteiger partial charge in [0, 0.05) is 38.8 Å². The van der Waals surface area contributed by atoms with Crippen LogP contribution in [-0.4, -0.2) is 70.3 Å². The maximum absolute atomic E-state index is 12.8. The average Bonchev–Trinajstić information content (AvgIpc) is 2.71. The summed E-state index contributed by atoms with van der Waals surface area (Å²) < 4.78 is 5.07. The van der Waals surface area contributed by atoms with Crippen LogP contribution in [0.1, 0.15) is 56.2 Å². The molecular weight excluding hydrogens is 372 g/mol. The van der Waals surface area contributed by atoms with E-state index in [0.717, 1.165) is 5.69 Å². The molecule has 1 aromatic rings. The molecule has 1 aliphatic rings. The summed E-state index contributed by atoms with van der Waals surface area (Å²) in [6.07, 6.45) is 4.55. The van der Waals surface area contributed by atoms with Crippen molar-refractivity contribution in [3.8, 4) is 0 Å². The molecule has 0 saturated carbocycles. The van der Waals surface area contributed by atoms with Crippen LogP contribution in [0.2, 0.25) is 0 Å². The Balaban J connectivity index is 1.90. The summed E-state index contributed by atoms with van der Waals surface area (Å²) in [5.74, 6) is -0.234. The third-order valence-corrected chi connectivity index (χ3v) is 4.94. The molecule has 2 rings (SSSR count). The summed E-state index contributed by atoms with van der Waals surface area (Å²) in [6, 6.07) is 0. The van der Waals surface area contributed by atoms with E-state index < -0.39 is 0 Å². The normalized spacial score (nSPS) is 14.7. The zero-order valence-corrected chi connectivity index (χ0v) is 17.9. The van der Waals surface area contributed by atoms with Gasteiger partial charge in [0.1, 0.15) is 5.69 Å². The third-order valence-electron chi connectivity index (χ3n) is 4.94. The van der Waals surface area contributed by atoms with E-state index in [2.05, 4.69) is 9.97 Å². The maximum atomic E-state index is 12.8. The molecule has 0 atom stereocenters. The lowest BCUT2D eigenvalue weighted by atomic mass is 9.97. The highest BCUT2D eigenvalue weighted by molar-refractivity contribution is 5.92. The van der Waals surface area contributed by atoms with E-state index >= 15 is 0 Å². The van der Waals surface area contributed by atoms with Gasteiger partial charge in [-0.1, -0.05) is 13.8 Å². The Hall–Kier alpha value is -2.51. The number of piperidine rings is 1. The van der Waals surface area contributed by atoms with Crippen LogP contribution in [0.4, 0.5) is 0 Å². The number of amides is 2. The van der Waals surface area contributed by atoms with E-state index in [1.807, 2.05) is 20.8 Å². The van der Waals surface area contributed by atoms with Crippen molar-refractivity contribution < 1.29 is 19.1 Å². The molecule has 0 N–H and O–H groups in total. The molecule has 2 amide bonds. The van der Waals surface area contributed by atoms with Crippen molar-refractivity contribution in [2.75, 3.05) is 32.8 Å². The highest BCUT2D eigenvalue weighted by atomic mass is 16.5. The summed E-state index contributed by atoms with van der Waals surface area (Å²) in [6.45, 7) is 10.0. The Bertz CT molecular complexity index is 697. The number of rotatable bonds is 8. The summed E-state index contributed by atoms with van der Waals surface area (Å²) in [5.41, 5.74) is 1.04. The smallest absolute Gasteiger partial charge is 0.309 e. The Labute approximate surface area is 172 Å². The molecular formula is C21H32N4O4. The van der Waals surface area contributed by atoms with Gasteiger partial charge >= 0.3 is 5.97 Å². The minimum absolute atomic E-state index is 0.00357. The minimum Gasteiger partial charge on any atom is -0.466 e. The number of aromatic nitrogens is 2. The number of likely N-dealkylation sites (tertiary alicyclic amines) is 1. The number of nitrogens with zero attached hydrogens (tertiary/aromatic N) is 4. The molecule has 0 radical (unpaired) electrons. The Morgan fingerprint density at radius 3 is 2.45 bits per heavy atom. The summed E-state index contributed by atoms with van der Waals surface area (Å²) in [5, 5.41) is 0. The van der Waals surface area contributed by atoms with Crippen LogP contribution in [0.5, 0.6) is 0 Å². The second kappa shape index (κ2) is 10.9. The highest BCUT2D eigenvalue weighted by Gasteiger charge is 2.28. The fourth-order valence-electron chi connectivity index (χ4n) is 3.39. The molecule has 1 fully saturated rings. The number of ether oxygens (including phenoxy) is 1. The first-order valence-electron chi connectivity index (χ1n) is 10.3. The van der Waals surface area contributed by atoms with E-state index in [0.29, 0.717) is 51.3 Å². The SMILES string of the molecule is CCOC(=O)C1CCN(C(=O)CCN(CC(C)C)C(=O)c2cnc(C)cn2)CC1. The number of hydrogen-bond donors (Lipinski definition) is 0. The lowest BCUT2D eigenvalue weighted by molar-refractivity contribution is -0.151. The van der Waals surface area contributed by atoms with Gasteiger partial charge in [0.15, 0.2) is 0 Å². The van der Waals surface area contributed by atoms with Gasteiger partial charge in [0.05, 0.1) is 24.4 Å². The molecule has 1 saturated heterocycles. The van der Waals surface area contributed by atoms with Crippen molar-refractivity contribution in [1.82, 2.24) is 19.8 Å². The van der Waals surface area contributed by atoms with Gasteiger partial charge in [-0.3, -0.25) is 19.4 Å². The van der Waals surface area contributed by atoms with E-state index in [-0.39, 0.29) is 36.0 Å². The maximum Gasteiger partial charge on any atom is 0.309 e. The molecule has 0 aliphatic carbocycles. The van der Waals surface area contributed by atoms with Gasteiger partial charge in [-0.2, -0.15) is 0 Å². The number of aryl methyl sites for hydroxylation is 1. The Morgan fingerprint density at radius 2 is 1.90 bits per heavy atom. The molecule has 29 heavy (non-hydrogen) atoms. The van der Waals surface area contributed by atoms with E-state index in [9.17, 15) is 14.4 Å². The van der Waals surface area contributed by atoms with Gasteiger partial charge in [0.2, 0.25) is 5.91 Å². The Morgan fingerprint density at radius 1 is 1.21 bits per heavy atom. The predicted octanol–water partition coefficient (Wildman–Crippen LogP) is 2.08. The monoisotopic (exact) mass is 404 g/mol. The molecule has 160 valence electrons. The fourth-order valence-corrected chi connectivity index (χ4v) is 3.39. The van der Waals surface area contributed by atoms with Crippen LogP contribution in [0.3, 0.4) is 0 Å². The van der Waals surface area contributed by atoms with E-state index in [4.69, 9.17) is 4.74 Å². The van der Waals surface area contributed by atoms with Crippen LogP contribution >= 0.6 is 0 Å². The molecule has 0 bridgehead atoms. The zero-order valence-electron chi connectivity index (χ0n) is 17.9. The second-order valence-corrected chi connectivity index (χ2v) is 7.85. The number of hydrogen-bond acceptors (Lipinski definition) is 6. The fraction of sp³-hybridized carbons (Fsp3) is 0.667. The minimum atomic E-state index is -0.208. The molecule has 1 aliphatic heterocycles. The highest BCUT2D eigenvalue weighted by Crippen LogP contribution is 2.19. The number of carbonyl (C=O) groups is 3. The van der Waals surface area contributed by atoms with Gasteiger partial charge in [0.25, 0.3) is 5.91 Å². The molecule has 2 heterocycles. The lowest BCUT2D eigenvalue weighted by Crippen LogP contribution is -2.43. The number of esters is 1. The molecule has 0 unspecified atom stereocenters. The van der Waals surface area contributed by atoms with E-state index in [1.165, 1.54) is 6.20 Å². The first kappa shape index (κ1) is 22.8. The topological polar surface area (TPSA) is 92.7 Å².